The van der Waals surface area contributed by atoms with E-state index in [4.69, 9.17) is 0 Å². The summed E-state index contributed by atoms with van der Waals surface area (Å²) in [6, 6.07) is 9.54. The van der Waals surface area contributed by atoms with Crippen LogP contribution in [0.3, 0.4) is 0 Å². The van der Waals surface area contributed by atoms with Crippen LogP contribution < -0.4 is 5.32 Å². The van der Waals surface area contributed by atoms with Gasteiger partial charge >= 0.3 is 0 Å². The van der Waals surface area contributed by atoms with Crippen LogP contribution in [0.15, 0.2) is 36.7 Å². The van der Waals surface area contributed by atoms with Crippen LogP contribution in [0, 0.1) is 6.92 Å². The Labute approximate surface area is 119 Å². The fourth-order valence-corrected chi connectivity index (χ4v) is 1.83. The van der Waals surface area contributed by atoms with Crippen LogP contribution in [0.5, 0.6) is 0 Å². The van der Waals surface area contributed by atoms with E-state index in [0.717, 1.165) is 11.4 Å². The summed E-state index contributed by atoms with van der Waals surface area (Å²) in [5, 5.41) is 2.83. The monoisotopic (exact) mass is 269 g/mol. The lowest BCUT2D eigenvalue weighted by atomic mass is 9.87. The highest BCUT2D eigenvalue weighted by molar-refractivity contribution is 6.02. The largest absolute Gasteiger partial charge is 0.321 e. The number of hydrogen-bond acceptors (Lipinski definition) is 3. The standard InChI is InChI=1S/C16H19N3O/c1-11-9-14(18-10-17-11)15(20)19-13-7-5-12(6-8-13)16(2,3)4/h5-10H,1-4H3,(H,19,20). The summed E-state index contributed by atoms with van der Waals surface area (Å²) in [6.07, 6.45) is 1.40. The first-order valence-electron chi connectivity index (χ1n) is 6.57. The zero-order chi connectivity index (χ0) is 14.8. The number of hydrogen-bond donors (Lipinski definition) is 1. The van der Waals surface area contributed by atoms with Gasteiger partial charge in [0.25, 0.3) is 5.91 Å². The number of nitrogens with one attached hydrogen (secondary N) is 1. The highest BCUT2D eigenvalue weighted by Gasteiger charge is 2.13. The first-order valence-corrected chi connectivity index (χ1v) is 6.57. The second-order valence-corrected chi connectivity index (χ2v) is 5.83. The number of benzene rings is 1. The van der Waals surface area contributed by atoms with Crippen molar-refractivity contribution in [1.29, 1.82) is 0 Å². The summed E-state index contributed by atoms with van der Waals surface area (Å²) >= 11 is 0. The van der Waals surface area contributed by atoms with Gasteiger partial charge in [-0.15, -0.1) is 0 Å². The zero-order valence-corrected chi connectivity index (χ0v) is 12.3. The van der Waals surface area contributed by atoms with E-state index >= 15 is 0 Å². The molecule has 0 unspecified atom stereocenters. The van der Waals surface area contributed by atoms with Gasteiger partial charge in [-0.1, -0.05) is 32.9 Å². The van der Waals surface area contributed by atoms with Gasteiger partial charge in [0, 0.05) is 11.4 Å². The van der Waals surface area contributed by atoms with E-state index in [1.165, 1.54) is 11.9 Å². The molecule has 1 N–H and O–H groups in total. The van der Waals surface area contributed by atoms with Crippen LogP contribution in [0.1, 0.15) is 42.5 Å². The van der Waals surface area contributed by atoms with E-state index in [2.05, 4.69) is 36.1 Å². The normalized spacial score (nSPS) is 11.2. The van der Waals surface area contributed by atoms with E-state index in [9.17, 15) is 4.79 Å². The van der Waals surface area contributed by atoms with Gasteiger partial charge in [0.2, 0.25) is 0 Å². The van der Waals surface area contributed by atoms with Crippen molar-refractivity contribution in [3.05, 3.63) is 53.6 Å². The van der Waals surface area contributed by atoms with Crippen LogP contribution in [0.4, 0.5) is 5.69 Å². The molecule has 1 aromatic carbocycles. The molecule has 104 valence electrons. The van der Waals surface area contributed by atoms with Crippen molar-refractivity contribution in [3.63, 3.8) is 0 Å². The molecule has 0 radical (unpaired) electrons. The molecular weight excluding hydrogens is 250 g/mol. The molecule has 0 fully saturated rings. The van der Waals surface area contributed by atoms with Gasteiger partial charge in [-0.2, -0.15) is 0 Å². The molecule has 2 rings (SSSR count). The fraction of sp³-hybridized carbons (Fsp3) is 0.312. The molecule has 0 spiro atoms. The third kappa shape index (κ3) is 3.41. The van der Waals surface area contributed by atoms with Gasteiger partial charge in [-0.25, -0.2) is 9.97 Å². The minimum atomic E-state index is -0.223. The Morgan fingerprint density at radius 3 is 2.30 bits per heavy atom. The molecule has 1 aromatic heterocycles. The maximum absolute atomic E-state index is 12.0. The summed E-state index contributed by atoms with van der Waals surface area (Å²) in [5.74, 6) is -0.223. The molecular formula is C16H19N3O. The number of rotatable bonds is 2. The Balaban J connectivity index is 2.12. The number of anilines is 1. The molecule has 0 saturated heterocycles. The van der Waals surface area contributed by atoms with E-state index in [1.807, 2.05) is 31.2 Å². The molecule has 20 heavy (non-hydrogen) atoms. The van der Waals surface area contributed by atoms with Crippen LogP contribution >= 0.6 is 0 Å². The summed E-state index contributed by atoms with van der Waals surface area (Å²) in [4.78, 5) is 20.0. The number of carbonyl (C=O) groups excluding carboxylic acids is 1. The van der Waals surface area contributed by atoms with Gasteiger partial charge < -0.3 is 5.32 Å². The van der Waals surface area contributed by atoms with Gasteiger partial charge in [0.05, 0.1) is 0 Å². The third-order valence-corrected chi connectivity index (χ3v) is 3.05. The Morgan fingerprint density at radius 1 is 1.10 bits per heavy atom. The molecule has 0 aliphatic carbocycles. The molecule has 0 saturated carbocycles. The first kappa shape index (κ1) is 14.2. The second-order valence-electron chi connectivity index (χ2n) is 5.83. The zero-order valence-electron chi connectivity index (χ0n) is 12.3. The van der Waals surface area contributed by atoms with Crippen LogP contribution in [-0.4, -0.2) is 15.9 Å². The summed E-state index contributed by atoms with van der Waals surface area (Å²) in [6.45, 7) is 8.30. The van der Waals surface area contributed by atoms with Gasteiger partial charge in [-0.05, 0) is 36.1 Å². The smallest absolute Gasteiger partial charge is 0.274 e. The molecule has 4 nitrogen and oxygen atoms in total. The maximum Gasteiger partial charge on any atom is 0.274 e. The highest BCUT2D eigenvalue weighted by Crippen LogP contribution is 2.23. The maximum atomic E-state index is 12.0. The Kier molecular flexibility index (Phi) is 3.84. The minimum Gasteiger partial charge on any atom is -0.321 e. The lowest BCUT2D eigenvalue weighted by Gasteiger charge is -2.19. The molecule has 0 bridgehead atoms. The lowest BCUT2D eigenvalue weighted by Crippen LogP contribution is -2.15. The first-order chi connectivity index (χ1) is 9.36. The van der Waals surface area contributed by atoms with Gasteiger partial charge in [0.15, 0.2) is 0 Å². The number of carbonyl (C=O) groups is 1. The van der Waals surface area contributed by atoms with Crippen molar-refractivity contribution < 1.29 is 4.79 Å². The van der Waals surface area contributed by atoms with Crippen molar-refractivity contribution in [1.82, 2.24) is 9.97 Å². The van der Waals surface area contributed by atoms with Gasteiger partial charge in [0.1, 0.15) is 12.0 Å². The van der Waals surface area contributed by atoms with E-state index in [-0.39, 0.29) is 11.3 Å². The summed E-state index contributed by atoms with van der Waals surface area (Å²) in [5.41, 5.74) is 3.24. The van der Waals surface area contributed by atoms with Crippen LogP contribution in [0.25, 0.3) is 0 Å². The highest BCUT2D eigenvalue weighted by atomic mass is 16.1. The van der Waals surface area contributed by atoms with Gasteiger partial charge in [-0.3, -0.25) is 4.79 Å². The topological polar surface area (TPSA) is 54.9 Å². The fourth-order valence-electron chi connectivity index (χ4n) is 1.83. The van der Waals surface area contributed by atoms with E-state index in [0.29, 0.717) is 5.69 Å². The summed E-state index contributed by atoms with van der Waals surface area (Å²) < 4.78 is 0. The summed E-state index contributed by atoms with van der Waals surface area (Å²) in [7, 11) is 0. The van der Waals surface area contributed by atoms with E-state index in [1.54, 1.807) is 6.07 Å². The molecule has 0 aliphatic heterocycles. The Morgan fingerprint density at radius 2 is 1.75 bits per heavy atom. The lowest BCUT2D eigenvalue weighted by molar-refractivity contribution is 0.102. The van der Waals surface area contributed by atoms with Crippen LogP contribution in [0.2, 0.25) is 0 Å². The number of aryl methyl sites for hydroxylation is 1. The van der Waals surface area contributed by atoms with Crippen molar-refractivity contribution >= 4 is 11.6 Å². The predicted molar refractivity (Wildman–Crippen MR) is 79.9 cm³/mol. The van der Waals surface area contributed by atoms with E-state index < -0.39 is 0 Å². The molecule has 0 atom stereocenters. The third-order valence-electron chi connectivity index (χ3n) is 3.05. The molecule has 1 heterocycles. The number of nitrogens with zero attached hydrogens (tertiary/aromatic N) is 2. The number of amides is 1. The van der Waals surface area contributed by atoms with Crippen molar-refractivity contribution in [3.8, 4) is 0 Å². The Hall–Kier alpha value is -2.23. The molecule has 4 heteroatoms. The molecule has 0 aliphatic rings. The SMILES string of the molecule is Cc1cc(C(=O)Nc2ccc(C(C)(C)C)cc2)ncn1. The second kappa shape index (κ2) is 5.41. The quantitative estimate of drug-likeness (QED) is 0.909. The Bertz CT molecular complexity index is 612. The minimum absolute atomic E-state index is 0.103. The van der Waals surface area contributed by atoms with Crippen molar-refractivity contribution in [2.24, 2.45) is 0 Å². The molecule has 1 amide bonds. The average molecular weight is 269 g/mol. The van der Waals surface area contributed by atoms with Crippen molar-refractivity contribution in [2.75, 3.05) is 5.32 Å². The molecule has 2 aromatic rings. The predicted octanol–water partition coefficient (Wildman–Crippen LogP) is 3.33. The van der Waals surface area contributed by atoms with Crippen LogP contribution in [-0.2, 0) is 5.41 Å². The number of aromatic nitrogens is 2. The van der Waals surface area contributed by atoms with Crippen molar-refractivity contribution in [2.45, 2.75) is 33.1 Å². The average Bonchev–Trinajstić information content (AvgIpc) is 2.38.